The van der Waals surface area contributed by atoms with Crippen molar-refractivity contribution in [2.45, 2.75) is 13.3 Å². The van der Waals surface area contributed by atoms with Gasteiger partial charge in [-0.1, -0.05) is 6.07 Å². The Morgan fingerprint density at radius 2 is 2.23 bits per heavy atom. The van der Waals surface area contributed by atoms with Crippen molar-refractivity contribution in [1.29, 1.82) is 0 Å². The molecular weight excluding hydrogens is 191 g/mol. The van der Waals surface area contributed by atoms with Crippen LogP contribution in [0.5, 0.6) is 0 Å². The normalized spacial score (nSPS) is 10.1. The molecule has 0 aliphatic carbocycles. The first-order valence-corrected chi connectivity index (χ1v) is 4.49. The number of carbonyl (C=O) groups excluding carboxylic acids is 1. The molecule has 0 N–H and O–H groups in total. The predicted molar refractivity (Wildman–Crippen MR) is 50.6 cm³/mol. The molecule has 0 radical (unpaired) electrons. The SMILES string of the molecule is Cc1cc(F)ccc1CC(=O)CCl. The Labute approximate surface area is 81.5 Å². The molecule has 3 heteroatoms. The van der Waals surface area contributed by atoms with E-state index in [-0.39, 0.29) is 23.9 Å². The smallest absolute Gasteiger partial charge is 0.151 e. The molecule has 0 amide bonds. The summed E-state index contributed by atoms with van der Waals surface area (Å²) in [6.07, 6.45) is 0.287. The molecule has 0 aromatic heterocycles. The van der Waals surface area contributed by atoms with E-state index >= 15 is 0 Å². The summed E-state index contributed by atoms with van der Waals surface area (Å²) in [6, 6.07) is 4.38. The quantitative estimate of drug-likeness (QED) is 0.686. The number of hydrogen-bond acceptors (Lipinski definition) is 1. The molecule has 0 fully saturated rings. The molecule has 0 aliphatic rings. The van der Waals surface area contributed by atoms with Crippen LogP contribution in [0, 0.1) is 12.7 Å². The highest BCUT2D eigenvalue weighted by atomic mass is 35.5. The van der Waals surface area contributed by atoms with Gasteiger partial charge in [0.15, 0.2) is 5.78 Å². The Morgan fingerprint density at radius 1 is 1.54 bits per heavy atom. The number of hydrogen-bond donors (Lipinski definition) is 0. The van der Waals surface area contributed by atoms with Crippen LogP contribution in [0.3, 0.4) is 0 Å². The highest BCUT2D eigenvalue weighted by Gasteiger charge is 2.05. The van der Waals surface area contributed by atoms with E-state index in [4.69, 9.17) is 11.6 Å². The van der Waals surface area contributed by atoms with E-state index in [1.807, 2.05) is 0 Å². The van der Waals surface area contributed by atoms with Gasteiger partial charge >= 0.3 is 0 Å². The molecule has 0 heterocycles. The fourth-order valence-corrected chi connectivity index (χ4v) is 1.21. The molecule has 0 saturated carbocycles. The molecular formula is C10H10ClFO. The number of aryl methyl sites for hydroxylation is 1. The van der Waals surface area contributed by atoms with E-state index in [0.29, 0.717) is 0 Å². The van der Waals surface area contributed by atoms with Gasteiger partial charge in [-0.2, -0.15) is 0 Å². The van der Waals surface area contributed by atoms with Gasteiger partial charge in [0.2, 0.25) is 0 Å². The average molecular weight is 201 g/mol. The lowest BCUT2D eigenvalue weighted by molar-refractivity contribution is -0.116. The van der Waals surface area contributed by atoms with Crippen molar-refractivity contribution in [2.75, 3.05) is 5.88 Å². The van der Waals surface area contributed by atoms with E-state index < -0.39 is 0 Å². The van der Waals surface area contributed by atoms with Gasteiger partial charge in [-0.3, -0.25) is 4.79 Å². The van der Waals surface area contributed by atoms with Crippen molar-refractivity contribution in [1.82, 2.24) is 0 Å². The van der Waals surface area contributed by atoms with Crippen LogP contribution in [0.15, 0.2) is 18.2 Å². The molecule has 0 unspecified atom stereocenters. The van der Waals surface area contributed by atoms with Crippen molar-refractivity contribution in [3.8, 4) is 0 Å². The van der Waals surface area contributed by atoms with Crippen molar-refractivity contribution in [2.24, 2.45) is 0 Å². The Hall–Kier alpha value is -0.890. The van der Waals surface area contributed by atoms with E-state index in [1.165, 1.54) is 12.1 Å². The topological polar surface area (TPSA) is 17.1 Å². The summed E-state index contributed by atoms with van der Waals surface area (Å²) in [5.74, 6) is -0.312. The molecule has 0 bridgehead atoms. The zero-order valence-electron chi connectivity index (χ0n) is 7.31. The molecule has 0 atom stereocenters. The Kier molecular flexibility index (Phi) is 3.43. The maximum Gasteiger partial charge on any atom is 0.151 e. The molecule has 0 aliphatic heterocycles. The first kappa shape index (κ1) is 10.2. The van der Waals surface area contributed by atoms with Crippen molar-refractivity contribution in [3.05, 3.63) is 35.1 Å². The number of carbonyl (C=O) groups is 1. The third-order valence-corrected chi connectivity index (χ3v) is 2.14. The number of benzene rings is 1. The van der Waals surface area contributed by atoms with Crippen LogP contribution in [0.25, 0.3) is 0 Å². The zero-order valence-corrected chi connectivity index (χ0v) is 8.07. The Balaban J connectivity index is 2.83. The fraction of sp³-hybridized carbons (Fsp3) is 0.300. The maximum atomic E-state index is 12.7. The minimum atomic E-state index is -0.278. The monoisotopic (exact) mass is 200 g/mol. The van der Waals surface area contributed by atoms with Gasteiger partial charge in [0.05, 0.1) is 5.88 Å². The summed E-state index contributed by atoms with van der Waals surface area (Å²) in [5.41, 5.74) is 1.63. The van der Waals surface area contributed by atoms with Gasteiger partial charge in [-0.05, 0) is 30.2 Å². The highest BCUT2D eigenvalue weighted by molar-refractivity contribution is 6.27. The largest absolute Gasteiger partial charge is 0.298 e. The van der Waals surface area contributed by atoms with E-state index in [0.717, 1.165) is 11.1 Å². The lowest BCUT2D eigenvalue weighted by atomic mass is 10.0. The molecule has 0 spiro atoms. The first-order chi connectivity index (χ1) is 6.13. The van der Waals surface area contributed by atoms with Gasteiger partial charge in [0, 0.05) is 6.42 Å². The maximum absolute atomic E-state index is 12.7. The van der Waals surface area contributed by atoms with Crippen LogP contribution in [-0.4, -0.2) is 11.7 Å². The molecule has 70 valence electrons. The van der Waals surface area contributed by atoms with Crippen molar-refractivity contribution < 1.29 is 9.18 Å². The average Bonchev–Trinajstić information content (AvgIpc) is 2.09. The third kappa shape index (κ3) is 2.81. The third-order valence-electron chi connectivity index (χ3n) is 1.84. The van der Waals surface area contributed by atoms with Crippen LogP contribution in [-0.2, 0) is 11.2 Å². The van der Waals surface area contributed by atoms with Crippen LogP contribution in [0.4, 0.5) is 4.39 Å². The summed E-state index contributed by atoms with van der Waals surface area (Å²) in [4.78, 5) is 11.0. The first-order valence-electron chi connectivity index (χ1n) is 3.96. The van der Waals surface area contributed by atoms with E-state index in [1.54, 1.807) is 13.0 Å². The summed E-state index contributed by atoms with van der Waals surface area (Å²) in [6.45, 7) is 1.78. The molecule has 1 rings (SSSR count). The van der Waals surface area contributed by atoms with Gasteiger partial charge < -0.3 is 0 Å². The van der Waals surface area contributed by atoms with Crippen LogP contribution < -0.4 is 0 Å². The lowest BCUT2D eigenvalue weighted by Crippen LogP contribution is -2.05. The number of halogens is 2. The van der Waals surface area contributed by atoms with Gasteiger partial charge in [-0.15, -0.1) is 11.6 Å². The van der Waals surface area contributed by atoms with Gasteiger partial charge in [-0.25, -0.2) is 4.39 Å². The molecule has 1 aromatic carbocycles. The van der Waals surface area contributed by atoms with E-state index in [9.17, 15) is 9.18 Å². The summed E-state index contributed by atoms with van der Waals surface area (Å²) < 4.78 is 12.7. The molecule has 1 nitrogen and oxygen atoms in total. The summed E-state index contributed by atoms with van der Waals surface area (Å²) in [7, 11) is 0. The summed E-state index contributed by atoms with van der Waals surface area (Å²) in [5, 5.41) is 0. The Bertz CT molecular complexity index is 323. The van der Waals surface area contributed by atoms with Crippen LogP contribution >= 0.6 is 11.6 Å². The number of rotatable bonds is 3. The number of Topliss-reactive ketones (excluding diaryl/α,β-unsaturated/α-hetero) is 1. The van der Waals surface area contributed by atoms with Crippen molar-refractivity contribution in [3.63, 3.8) is 0 Å². The Morgan fingerprint density at radius 3 is 2.77 bits per heavy atom. The minimum Gasteiger partial charge on any atom is -0.298 e. The van der Waals surface area contributed by atoms with E-state index in [2.05, 4.69) is 0 Å². The number of alkyl halides is 1. The zero-order chi connectivity index (χ0) is 9.84. The minimum absolute atomic E-state index is 0.0107. The second-order valence-electron chi connectivity index (χ2n) is 2.92. The predicted octanol–water partition coefficient (Wildman–Crippen LogP) is 2.48. The highest BCUT2D eigenvalue weighted by Crippen LogP contribution is 2.11. The van der Waals surface area contributed by atoms with Crippen molar-refractivity contribution >= 4 is 17.4 Å². The second kappa shape index (κ2) is 4.38. The summed E-state index contributed by atoms with van der Waals surface area (Å²) >= 11 is 5.36. The van der Waals surface area contributed by atoms with Gasteiger partial charge in [0.1, 0.15) is 5.82 Å². The molecule has 1 aromatic rings. The van der Waals surface area contributed by atoms with Gasteiger partial charge in [0.25, 0.3) is 0 Å². The second-order valence-corrected chi connectivity index (χ2v) is 3.19. The molecule has 13 heavy (non-hydrogen) atoms. The lowest BCUT2D eigenvalue weighted by Gasteiger charge is -2.03. The van der Waals surface area contributed by atoms with Crippen LogP contribution in [0.1, 0.15) is 11.1 Å². The fourth-order valence-electron chi connectivity index (χ4n) is 1.12. The van der Waals surface area contributed by atoms with Crippen LogP contribution in [0.2, 0.25) is 0 Å². The molecule has 0 saturated heterocycles. The number of ketones is 1. The standard InChI is InChI=1S/C10H10ClFO/c1-7-4-9(12)3-2-8(7)5-10(13)6-11/h2-4H,5-6H2,1H3.